The Morgan fingerprint density at radius 2 is 2.00 bits per heavy atom. The second kappa shape index (κ2) is 5.34. The van der Waals surface area contributed by atoms with Crippen molar-refractivity contribution in [2.45, 2.75) is 50.6 Å². The Bertz CT molecular complexity index is 820. The number of H-pyrrole nitrogens is 1. The highest BCUT2D eigenvalue weighted by molar-refractivity contribution is 6.00. The van der Waals surface area contributed by atoms with Gasteiger partial charge in [0, 0.05) is 23.7 Å². The van der Waals surface area contributed by atoms with Crippen molar-refractivity contribution in [3.63, 3.8) is 0 Å². The van der Waals surface area contributed by atoms with Crippen molar-refractivity contribution >= 4 is 22.1 Å². The van der Waals surface area contributed by atoms with Gasteiger partial charge in [-0.2, -0.15) is 0 Å². The number of nitrogens with one attached hydrogen (secondary N) is 2. The summed E-state index contributed by atoms with van der Waals surface area (Å²) < 4.78 is 2.39. The summed E-state index contributed by atoms with van der Waals surface area (Å²) in [5, 5.41) is 4.96. The molecule has 3 heterocycles. The van der Waals surface area contributed by atoms with Gasteiger partial charge >= 0.3 is 0 Å². The predicted molar refractivity (Wildman–Crippen MR) is 91.4 cm³/mol. The second-order valence-electron chi connectivity index (χ2n) is 7.24. The molecule has 0 spiro atoms. The second-order valence-corrected chi connectivity index (χ2v) is 7.24. The monoisotopic (exact) mass is 309 g/mol. The Hall–Kier alpha value is -1.88. The lowest BCUT2D eigenvalue weighted by molar-refractivity contribution is 0.293. The lowest BCUT2D eigenvalue weighted by atomic mass is 9.90. The van der Waals surface area contributed by atoms with Crippen LogP contribution in [0.2, 0.25) is 0 Å². The van der Waals surface area contributed by atoms with Crippen LogP contribution in [0, 0.1) is 5.92 Å². The van der Waals surface area contributed by atoms with Gasteiger partial charge in [0.15, 0.2) is 0 Å². The van der Waals surface area contributed by atoms with E-state index in [1.807, 2.05) is 18.7 Å². The molecule has 0 radical (unpaired) electrons. The first-order chi connectivity index (χ1) is 11.4. The molecule has 3 aromatic rings. The van der Waals surface area contributed by atoms with E-state index in [1.54, 1.807) is 0 Å². The van der Waals surface area contributed by atoms with Crippen LogP contribution >= 0.6 is 0 Å². The van der Waals surface area contributed by atoms with Crippen molar-refractivity contribution < 1.29 is 0 Å². The molecule has 0 amide bonds. The van der Waals surface area contributed by atoms with Crippen LogP contribution in [0.3, 0.4) is 0 Å². The number of aromatic nitrogens is 4. The summed E-state index contributed by atoms with van der Waals surface area (Å²) in [5.74, 6) is 0.972. The fraction of sp³-hybridized carbons (Fsp3) is 0.556. The van der Waals surface area contributed by atoms with E-state index in [9.17, 15) is 0 Å². The molecule has 0 aliphatic heterocycles. The third-order valence-corrected chi connectivity index (χ3v) is 5.60. The fourth-order valence-electron chi connectivity index (χ4n) is 4.02. The highest BCUT2D eigenvalue weighted by Crippen LogP contribution is 2.34. The summed E-state index contributed by atoms with van der Waals surface area (Å²) >= 11 is 0. The molecular weight excluding hydrogens is 286 g/mol. The van der Waals surface area contributed by atoms with E-state index < -0.39 is 0 Å². The summed E-state index contributed by atoms with van der Waals surface area (Å²) in [6, 6.07) is 3.40. The van der Waals surface area contributed by atoms with Crippen molar-refractivity contribution in [1.82, 2.24) is 24.8 Å². The number of aromatic amines is 1. The van der Waals surface area contributed by atoms with E-state index in [1.165, 1.54) is 56.0 Å². The third-order valence-electron chi connectivity index (χ3n) is 5.60. The molecule has 2 fully saturated rings. The van der Waals surface area contributed by atoms with Gasteiger partial charge in [0.2, 0.25) is 0 Å². The van der Waals surface area contributed by atoms with Crippen LogP contribution in [0.5, 0.6) is 0 Å². The number of fused-ring (bicyclic) bond motifs is 3. The van der Waals surface area contributed by atoms with Crippen LogP contribution < -0.4 is 5.32 Å². The van der Waals surface area contributed by atoms with E-state index in [2.05, 4.69) is 30.9 Å². The molecule has 23 heavy (non-hydrogen) atoms. The Kier molecular flexibility index (Phi) is 3.14. The quantitative estimate of drug-likeness (QED) is 0.776. The van der Waals surface area contributed by atoms with E-state index in [0.717, 1.165) is 23.1 Å². The van der Waals surface area contributed by atoms with E-state index >= 15 is 0 Å². The molecule has 0 bridgehead atoms. The highest BCUT2D eigenvalue weighted by Gasteiger charge is 2.26. The van der Waals surface area contributed by atoms with E-state index in [0.29, 0.717) is 6.04 Å². The maximum absolute atomic E-state index is 4.58. The van der Waals surface area contributed by atoms with Gasteiger partial charge in [-0.05, 0) is 57.1 Å². The zero-order valence-electron chi connectivity index (χ0n) is 13.3. The minimum atomic E-state index is 0.569. The van der Waals surface area contributed by atoms with Gasteiger partial charge in [-0.15, -0.1) is 0 Å². The molecule has 3 aromatic heterocycles. The first-order valence-corrected chi connectivity index (χ1v) is 8.90. The Morgan fingerprint density at radius 1 is 1.13 bits per heavy atom. The van der Waals surface area contributed by atoms with Gasteiger partial charge in [0.05, 0.1) is 18.0 Å². The van der Waals surface area contributed by atoms with Crippen molar-refractivity contribution in [1.29, 1.82) is 0 Å². The van der Waals surface area contributed by atoms with Gasteiger partial charge in [-0.3, -0.25) is 0 Å². The number of hydrogen-bond donors (Lipinski definition) is 2. The Morgan fingerprint density at radius 3 is 2.83 bits per heavy atom. The van der Waals surface area contributed by atoms with Crippen molar-refractivity contribution in [2.24, 2.45) is 5.92 Å². The minimum absolute atomic E-state index is 0.569. The molecule has 2 N–H and O–H groups in total. The zero-order chi connectivity index (χ0) is 15.2. The molecule has 120 valence electrons. The molecular formula is C18H23N5. The SMILES string of the molecule is c1cc2c(ncc3ncn(C4CCC(NCC5CC5)CC4)c32)[nH]1. The summed E-state index contributed by atoms with van der Waals surface area (Å²) in [6.45, 7) is 1.24. The smallest absolute Gasteiger partial charge is 0.139 e. The highest BCUT2D eigenvalue weighted by atomic mass is 15.1. The number of hydrogen-bond acceptors (Lipinski definition) is 3. The van der Waals surface area contributed by atoms with Crippen LogP contribution in [0.25, 0.3) is 22.1 Å². The predicted octanol–water partition coefficient (Wildman–Crippen LogP) is 3.40. The van der Waals surface area contributed by atoms with Crippen LogP contribution in [0.4, 0.5) is 0 Å². The average Bonchev–Trinajstić information content (AvgIpc) is 3.12. The Balaban J connectivity index is 1.37. The first kappa shape index (κ1) is 13.5. The molecule has 0 saturated heterocycles. The van der Waals surface area contributed by atoms with Crippen molar-refractivity contribution in [2.75, 3.05) is 6.54 Å². The maximum Gasteiger partial charge on any atom is 0.139 e. The third kappa shape index (κ3) is 2.43. The van der Waals surface area contributed by atoms with Crippen molar-refractivity contribution in [3.8, 4) is 0 Å². The summed E-state index contributed by atoms with van der Waals surface area (Å²) in [6.07, 6.45) is 13.8. The minimum Gasteiger partial charge on any atom is -0.346 e. The van der Waals surface area contributed by atoms with Crippen molar-refractivity contribution in [3.05, 3.63) is 24.8 Å². The summed E-state index contributed by atoms with van der Waals surface area (Å²) in [7, 11) is 0. The van der Waals surface area contributed by atoms with Crippen LogP contribution in [-0.4, -0.2) is 32.1 Å². The van der Waals surface area contributed by atoms with Gasteiger partial charge < -0.3 is 14.9 Å². The molecule has 2 aliphatic rings. The normalized spacial score (nSPS) is 25.4. The maximum atomic E-state index is 4.58. The lowest BCUT2D eigenvalue weighted by Gasteiger charge is -2.30. The number of pyridine rings is 1. The zero-order valence-corrected chi connectivity index (χ0v) is 13.3. The standard InChI is InChI=1S/C18H23N5/c1-2-12(1)9-20-13-3-5-14(6-4-13)23-11-22-16-10-21-18-15(17(16)23)7-8-19-18/h7-8,10-14,20H,1-6,9H2,(H,19,21). The number of imidazole rings is 1. The molecule has 2 saturated carbocycles. The fourth-order valence-corrected chi connectivity index (χ4v) is 4.02. The average molecular weight is 309 g/mol. The van der Waals surface area contributed by atoms with Crippen LogP contribution in [0.15, 0.2) is 24.8 Å². The number of nitrogens with zero attached hydrogens (tertiary/aromatic N) is 3. The largest absolute Gasteiger partial charge is 0.346 e. The Labute approximate surface area is 135 Å². The summed E-state index contributed by atoms with van der Waals surface area (Å²) in [5.41, 5.74) is 3.20. The molecule has 0 unspecified atom stereocenters. The molecule has 0 atom stereocenters. The molecule has 5 rings (SSSR count). The van der Waals surface area contributed by atoms with Gasteiger partial charge in [0.1, 0.15) is 11.2 Å². The molecule has 5 nitrogen and oxygen atoms in total. The first-order valence-electron chi connectivity index (χ1n) is 8.90. The van der Waals surface area contributed by atoms with E-state index in [-0.39, 0.29) is 0 Å². The summed E-state index contributed by atoms with van der Waals surface area (Å²) in [4.78, 5) is 12.2. The number of rotatable bonds is 4. The van der Waals surface area contributed by atoms with Crippen LogP contribution in [0.1, 0.15) is 44.6 Å². The molecule has 0 aromatic carbocycles. The van der Waals surface area contributed by atoms with Gasteiger partial charge in [-0.25, -0.2) is 9.97 Å². The van der Waals surface area contributed by atoms with Gasteiger partial charge in [0.25, 0.3) is 0 Å². The topological polar surface area (TPSA) is 58.5 Å². The molecule has 2 aliphatic carbocycles. The van der Waals surface area contributed by atoms with E-state index in [4.69, 9.17) is 0 Å². The lowest BCUT2D eigenvalue weighted by Crippen LogP contribution is -2.34. The van der Waals surface area contributed by atoms with Crippen LogP contribution in [-0.2, 0) is 0 Å². The molecule has 5 heteroatoms. The van der Waals surface area contributed by atoms with Gasteiger partial charge in [-0.1, -0.05) is 0 Å².